The molecule has 1 aromatic rings. The standard InChI is InChI=1S/C15H23N/c1-11-9-12(2)14-6-4-5-13(7-8-16-3)15(14)10-11/h9-10,13,16H,4-8H2,1-3H3. The van der Waals surface area contributed by atoms with Crippen LogP contribution >= 0.6 is 0 Å². The molecule has 0 saturated carbocycles. The van der Waals surface area contributed by atoms with Gasteiger partial charge in [-0.1, -0.05) is 17.7 Å². The summed E-state index contributed by atoms with van der Waals surface area (Å²) >= 11 is 0. The Labute approximate surface area is 99.3 Å². The monoisotopic (exact) mass is 217 g/mol. The van der Waals surface area contributed by atoms with Crippen molar-refractivity contribution in [1.29, 1.82) is 0 Å². The molecule has 0 radical (unpaired) electrons. The van der Waals surface area contributed by atoms with E-state index in [1.54, 1.807) is 11.1 Å². The summed E-state index contributed by atoms with van der Waals surface area (Å²) < 4.78 is 0. The third-order valence-electron chi connectivity index (χ3n) is 3.81. The third kappa shape index (κ3) is 2.30. The van der Waals surface area contributed by atoms with E-state index in [9.17, 15) is 0 Å². The van der Waals surface area contributed by atoms with Crippen molar-refractivity contribution in [2.45, 2.75) is 45.4 Å². The van der Waals surface area contributed by atoms with Gasteiger partial charge in [0.05, 0.1) is 0 Å². The first-order chi connectivity index (χ1) is 7.72. The lowest BCUT2D eigenvalue weighted by Gasteiger charge is -2.27. The fourth-order valence-corrected chi connectivity index (χ4v) is 3.04. The summed E-state index contributed by atoms with van der Waals surface area (Å²) in [5, 5.41) is 3.28. The predicted octanol–water partition coefficient (Wildman–Crippen LogP) is 3.33. The van der Waals surface area contributed by atoms with E-state index in [0.29, 0.717) is 0 Å². The van der Waals surface area contributed by atoms with E-state index >= 15 is 0 Å². The Hall–Kier alpha value is -0.820. The molecule has 0 fully saturated rings. The van der Waals surface area contributed by atoms with Crippen LogP contribution in [0.3, 0.4) is 0 Å². The number of rotatable bonds is 3. The summed E-state index contributed by atoms with van der Waals surface area (Å²) in [5.41, 5.74) is 6.20. The van der Waals surface area contributed by atoms with Gasteiger partial charge in [-0.25, -0.2) is 0 Å². The highest BCUT2D eigenvalue weighted by Gasteiger charge is 2.21. The maximum atomic E-state index is 3.28. The summed E-state index contributed by atoms with van der Waals surface area (Å²) in [6, 6.07) is 4.75. The van der Waals surface area contributed by atoms with Crippen molar-refractivity contribution >= 4 is 0 Å². The lowest BCUT2D eigenvalue weighted by Crippen LogP contribution is -2.17. The van der Waals surface area contributed by atoms with Crippen molar-refractivity contribution in [1.82, 2.24) is 5.32 Å². The molecule has 0 bridgehead atoms. The number of hydrogen-bond donors (Lipinski definition) is 1. The number of aryl methyl sites for hydroxylation is 2. The van der Waals surface area contributed by atoms with Crippen LogP contribution in [-0.2, 0) is 6.42 Å². The van der Waals surface area contributed by atoms with Crippen LogP contribution in [0.25, 0.3) is 0 Å². The van der Waals surface area contributed by atoms with E-state index in [4.69, 9.17) is 0 Å². The maximum absolute atomic E-state index is 3.28. The van der Waals surface area contributed by atoms with E-state index in [-0.39, 0.29) is 0 Å². The summed E-state index contributed by atoms with van der Waals surface area (Å²) in [7, 11) is 2.05. The Kier molecular flexibility index (Phi) is 3.65. The molecule has 88 valence electrons. The molecule has 16 heavy (non-hydrogen) atoms. The van der Waals surface area contributed by atoms with Gasteiger partial charge >= 0.3 is 0 Å². The molecule has 0 spiro atoms. The van der Waals surface area contributed by atoms with Crippen LogP contribution in [0.2, 0.25) is 0 Å². The van der Waals surface area contributed by atoms with E-state index in [1.807, 2.05) is 7.05 Å². The average molecular weight is 217 g/mol. The molecule has 1 N–H and O–H groups in total. The van der Waals surface area contributed by atoms with Crippen molar-refractivity contribution in [2.24, 2.45) is 0 Å². The van der Waals surface area contributed by atoms with Crippen molar-refractivity contribution in [3.8, 4) is 0 Å². The van der Waals surface area contributed by atoms with Crippen LogP contribution in [0.4, 0.5) is 0 Å². The van der Waals surface area contributed by atoms with Gasteiger partial charge in [0.15, 0.2) is 0 Å². The summed E-state index contributed by atoms with van der Waals surface area (Å²) in [6.07, 6.45) is 5.31. The van der Waals surface area contributed by atoms with Gasteiger partial charge in [0.2, 0.25) is 0 Å². The van der Waals surface area contributed by atoms with Crippen LogP contribution in [0.1, 0.15) is 47.4 Å². The van der Waals surface area contributed by atoms with Crippen LogP contribution in [0, 0.1) is 13.8 Å². The van der Waals surface area contributed by atoms with E-state index in [2.05, 4.69) is 31.3 Å². The normalized spacial score (nSPS) is 19.6. The van der Waals surface area contributed by atoms with Gasteiger partial charge in [0.25, 0.3) is 0 Å². The topological polar surface area (TPSA) is 12.0 Å². The Balaban J connectivity index is 2.30. The minimum atomic E-state index is 0.787. The molecule has 0 aliphatic heterocycles. The molecule has 0 aromatic heterocycles. The van der Waals surface area contributed by atoms with Crippen LogP contribution < -0.4 is 5.32 Å². The molecule has 0 saturated heterocycles. The fraction of sp³-hybridized carbons (Fsp3) is 0.600. The minimum Gasteiger partial charge on any atom is -0.320 e. The van der Waals surface area contributed by atoms with E-state index in [1.165, 1.54) is 36.8 Å². The van der Waals surface area contributed by atoms with Gasteiger partial charge < -0.3 is 5.32 Å². The number of benzene rings is 1. The maximum Gasteiger partial charge on any atom is -0.00461 e. The third-order valence-corrected chi connectivity index (χ3v) is 3.81. The minimum absolute atomic E-state index is 0.787. The largest absolute Gasteiger partial charge is 0.320 e. The van der Waals surface area contributed by atoms with Gasteiger partial charge in [-0.2, -0.15) is 0 Å². The van der Waals surface area contributed by atoms with Crippen LogP contribution in [0.15, 0.2) is 12.1 Å². The van der Waals surface area contributed by atoms with Crippen LogP contribution in [-0.4, -0.2) is 13.6 Å². The average Bonchev–Trinajstić information content (AvgIpc) is 2.26. The van der Waals surface area contributed by atoms with Gasteiger partial charge in [-0.05, 0) is 75.7 Å². The number of hydrogen-bond acceptors (Lipinski definition) is 1. The van der Waals surface area contributed by atoms with Gasteiger partial charge in [-0.3, -0.25) is 0 Å². The highest BCUT2D eigenvalue weighted by Crippen LogP contribution is 2.35. The second-order valence-corrected chi connectivity index (χ2v) is 5.13. The van der Waals surface area contributed by atoms with Gasteiger partial charge in [-0.15, -0.1) is 0 Å². The summed E-state index contributed by atoms with van der Waals surface area (Å²) in [6.45, 7) is 5.63. The zero-order valence-corrected chi connectivity index (χ0v) is 10.8. The Bertz CT molecular complexity index is 368. The number of fused-ring (bicyclic) bond motifs is 1. The molecule has 1 atom stereocenters. The smallest absolute Gasteiger partial charge is 0.00461 e. The van der Waals surface area contributed by atoms with E-state index < -0.39 is 0 Å². The molecule has 0 heterocycles. The van der Waals surface area contributed by atoms with Crippen molar-refractivity contribution in [3.05, 3.63) is 34.4 Å². The molecular weight excluding hydrogens is 194 g/mol. The zero-order chi connectivity index (χ0) is 11.5. The van der Waals surface area contributed by atoms with Crippen molar-refractivity contribution in [3.63, 3.8) is 0 Å². The Morgan fingerprint density at radius 3 is 2.88 bits per heavy atom. The Morgan fingerprint density at radius 2 is 2.12 bits per heavy atom. The fourth-order valence-electron chi connectivity index (χ4n) is 3.04. The first-order valence-corrected chi connectivity index (χ1v) is 6.47. The molecule has 1 aliphatic rings. The SMILES string of the molecule is CNCCC1CCCc2c(C)cc(C)cc21. The number of nitrogens with one attached hydrogen (secondary N) is 1. The zero-order valence-electron chi connectivity index (χ0n) is 10.8. The molecule has 0 amide bonds. The lowest BCUT2D eigenvalue weighted by atomic mass is 9.78. The van der Waals surface area contributed by atoms with Crippen LogP contribution in [0.5, 0.6) is 0 Å². The summed E-state index contributed by atoms with van der Waals surface area (Å²) in [5.74, 6) is 0.787. The molecule has 1 heteroatoms. The molecular formula is C15H23N. The van der Waals surface area contributed by atoms with Crippen molar-refractivity contribution < 1.29 is 0 Å². The lowest BCUT2D eigenvalue weighted by molar-refractivity contribution is 0.508. The first-order valence-electron chi connectivity index (χ1n) is 6.47. The van der Waals surface area contributed by atoms with Gasteiger partial charge in [0.1, 0.15) is 0 Å². The second-order valence-electron chi connectivity index (χ2n) is 5.13. The van der Waals surface area contributed by atoms with E-state index in [0.717, 1.165) is 12.5 Å². The molecule has 1 nitrogen and oxygen atoms in total. The predicted molar refractivity (Wildman–Crippen MR) is 70.1 cm³/mol. The summed E-state index contributed by atoms with van der Waals surface area (Å²) in [4.78, 5) is 0. The second kappa shape index (κ2) is 5.01. The molecule has 1 aliphatic carbocycles. The molecule has 1 aromatic carbocycles. The van der Waals surface area contributed by atoms with Gasteiger partial charge in [0, 0.05) is 0 Å². The first kappa shape index (κ1) is 11.7. The molecule has 1 unspecified atom stereocenters. The highest BCUT2D eigenvalue weighted by molar-refractivity contribution is 5.41. The quantitative estimate of drug-likeness (QED) is 0.819. The molecule has 2 rings (SSSR count). The highest BCUT2D eigenvalue weighted by atomic mass is 14.8. The Morgan fingerprint density at radius 1 is 1.31 bits per heavy atom. The van der Waals surface area contributed by atoms with Crippen molar-refractivity contribution in [2.75, 3.05) is 13.6 Å².